The Morgan fingerprint density at radius 3 is 2.33 bits per heavy atom. The second-order valence-electron chi connectivity index (χ2n) is 7.10. The minimum absolute atomic E-state index is 0.0888. The summed E-state index contributed by atoms with van der Waals surface area (Å²) in [5.74, 6) is -0.0977. The van der Waals surface area contributed by atoms with Crippen LogP contribution in [0.2, 0.25) is 0 Å². The van der Waals surface area contributed by atoms with Crippen molar-refractivity contribution in [2.75, 3.05) is 32.9 Å². The van der Waals surface area contributed by atoms with Gasteiger partial charge in [-0.15, -0.1) is 12.6 Å². The van der Waals surface area contributed by atoms with Crippen molar-refractivity contribution >= 4 is 18.6 Å². The number of unbranched alkanes of at least 4 members (excludes halogenated alkanes) is 9. The molecule has 0 saturated heterocycles. The molecule has 0 aliphatic carbocycles. The van der Waals surface area contributed by atoms with Gasteiger partial charge < -0.3 is 19.9 Å². The molecule has 0 radical (unpaired) electrons. The summed E-state index contributed by atoms with van der Waals surface area (Å²) in [4.78, 5) is 11.8. The fourth-order valence-electron chi connectivity index (χ4n) is 2.85. The van der Waals surface area contributed by atoms with Crippen LogP contribution in [0.15, 0.2) is 0 Å². The van der Waals surface area contributed by atoms with Crippen LogP contribution >= 0.6 is 12.6 Å². The summed E-state index contributed by atoms with van der Waals surface area (Å²) in [5.41, 5.74) is -0.252. The normalized spacial score (nSPS) is 12.3. The van der Waals surface area contributed by atoms with Crippen LogP contribution in [0.1, 0.15) is 90.4 Å². The molecule has 2 N–H and O–H groups in total. The summed E-state index contributed by atoms with van der Waals surface area (Å²) < 4.78 is 10.5. The van der Waals surface area contributed by atoms with E-state index in [0.29, 0.717) is 19.6 Å². The maximum atomic E-state index is 11.8. The van der Waals surface area contributed by atoms with Crippen molar-refractivity contribution < 1.29 is 19.4 Å². The summed E-state index contributed by atoms with van der Waals surface area (Å²) in [7, 11) is 0. The summed E-state index contributed by atoms with van der Waals surface area (Å²) in [6.45, 7) is 5.22. The Morgan fingerprint density at radius 2 is 1.59 bits per heavy atom. The van der Waals surface area contributed by atoms with Crippen molar-refractivity contribution in [3.8, 4) is 0 Å². The Morgan fingerprint density at radius 1 is 0.926 bits per heavy atom. The molecule has 0 aromatic heterocycles. The number of esters is 1. The van der Waals surface area contributed by atoms with E-state index in [1.54, 1.807) is 0 Å². The van der Waals surface area contributed by atoms with Gasteiger partial charge in [-0.2, -0.15) is 0 Å². The highest BCUT2D eigenvalue weighted by molar-refractivity contribution is 7.80. The smallest absolute Gasteiger partial charge is 0.306 e. The van der Waals surface area contributed by atoms with E-state index in [0.717, 1.165) is 51.6 Å². The predicted octanol–water partition coefficient (Wildman–Crippen LogP) is 4.48. The van der Waals surface area contributed by atoms with E-state index in [1.165, 1.54) is 38.5 Å². The van der Waals surface area contributed by atoms with Gasteiger partial charge in [-0.25, -0.2) is 0 Å². The van der Waals surface area contributed by atoms with Gasteiger partial charge in [-0.05, 0) is 32.2 Å². The molecule has 0 bridgehead atoms. The van der Waals surface area contributed by atoms with Gasteiger partial charge >= 0.3 is 5.97 Å². The lowest BCUT2D eigenvalue weighted by atomic mass is 10.1. The Labute approximate surface area is 172 Å². The quantitative estimate of drug-likeness (QED) is 0.114. The van der Waals surface area contributed by atoms with E-state index in [9.17, 15) is 4.79 Å². The lowest BCUT2D eigenvalue weighted by Crippen LogP contribution is -2.21. The van der Waals surface area contributed by atoms with Crippen molar-refractivity contribution in [3.05, 3.63) is 0 Å². The number of aliphatic hydroxyl groups excluding tert-OH is 1. The third kappa shape index (κ3) is 21.9. The largest absolute Gasteiger partial charge is 0.452 e. The SMILES string of the molecule is CCCCCCCCC(=O)OC(S)CCCCCCCNCCOCCO. The van der Waals surface area contributed by atoms with Crippen LogP contribution in [0.3, 0.4) is 0 Å². The van der Waals surface area contributed by atoms with E-state index in [-0.39, 0.29) is 18.0 Å². The molecule has 0 aliphatic heterocycles. The Hall–Kier alpha value is -0.300. The van der Waals surface area contributed by atoms with Gasteiger partial charge in [0.25, 0.3) is 0 Å². The van der Waals surface area contributed by atoms with Crippen LogP contribution in [0.25, 0.3) is 0 Å². The van der Waals surface area contributed by atoms with Crippen LogP contribution in [0, 0.1) is 0 Å². The molecule has 162 valence electrons. The summed E-state index contributed by atoms with van der Waals surface area (Å²) in [6, 6.07) is 0. The lowest BCUT2D eigenvalue weighted by molar-refractivity contribution is -0.145. The minimum atomic E-state index is -0.252. The van der Waals surface area contributed by atoms with E-state index in [4.69, 9.17) is 14.6 Å². The molecular weight excluding hydrogens is 362 g/mol. The molecular formula is C21H43NO4S. The molecule has 0 spiro atoms. The van der Waals surface area contributed by atoms with Crippen LogP contribution in [-0.2, 0) is 14.3 Å². The average molecular weight is 406 g/mol. The highest BCUT2D eigenvalue weighted by atomic mass is 32.1. The van der Waals surface area contributed by atoms with Crippen LogP contribution in [-0.4, -0.2) is 49.4 Å². The van der Waals surface area contributed by atoms with E-state index < -0.39 is 0 Å². The third-order valence-corrected chi connectivity index (χ3v) is 4.83. The second kappa shape index (κ2) is 22.0. The zero-order chi connectivity index (χ0) is 20.0. The van der Waals surface area contributed by atoms with Crippen molar-refractivity contribution in [1.82, 2.24) is 5.32 Å². The van der Waals surface area contributed by atoms with Crippen molar-refractivity contribution in [1.29, 1.82) is 0 Å². The number of carbonyl (C=O) groups excluding carboxylic acids is 1. The topological polar surface area (TPSA) is 67.8 Å². The van der Waals surface area contributed by atoms with Gasteiger partial charge in [-0.3, -0.25) is 4.79 Å². The van der Waals surface area contributed by atoms with Crippen molar-refractivity contribution in [3.63, 3.8) is 0 Å². The first-order valence-electron chi connectivity index (χ1n) is 11.0. The molecule has 1 atom stereocenters. The molecule has 0 rings (SSSR count). The number of rotatable bonds is 21. The predicted molar refractivity (Wildman–Crippen MR) is 115 cm³/mol. The first-order valence-corrected chi connectivity index (χ1v) is 11.5. The van der Waals surface area contributed by atoms with Crippen LogP contribution in [0.4, 0.5) is 0 Å². The fourth-order valence-corrected chi connectivity index (χ4v) is 3.15. The summed E-state index contributed by atoms with van der Waals surface area (Å²) in [6.07, 6.45) is 14.3. The van der Waals surface area contributed by atoms with Crippen molar-refractivity contribution in [2.24, 2.45) is 0 Å². The monoisotopic (exact) mass is 405 g/mol. The molecule has 0 aliphatic rings. The number of ether oxygens (including phenoxy) is 2. The van der Waals surface area contributed by atoms with E-state index >= 15 is 0 Å². The second-order valence-corrected chi connectivity index (χ2v) is 7.68. The third-order valence-electron chi connectivity index (χ3n) is 4.47. The highest BCUT2D eigenvalue weighted by Gasteiger charge is 2.09. The lowest BCUT2D eigenvalue weighted by Gasteiger charge is -2.12. The first-order chi connectivity index (χ1) is 13.2. The summed E-state index contributed by atoms with van der Waals surface area (Å²) >= 11 is 4.39. The molecule has 6 heteroatoms. The molecule has 5 nitrogen and oxygen atoms in total. The van der Waals surface area contributed by atoms with Gasteiger partial charge in [0.05, 0.1) is 19.8 Å². The van der Waals surface area contributed by atoms with Gasteiger partial charge in [0.1, 0.15) is 5.44 Å². The molecule has 0 aromatic carbocycles. The van der Waals surface area contributed by atoms with Crippen LogP contribution < -0.4 is 5.32 Å². The molecule has 0 amide bonds. The Bertz CT molecular complexity index is 319. The van der Waals surface area contributed by atoms with Gasteiger partial charge in [-0.1, -0.05) is 58.3 Å². The molecule has 0 saturated carbocycles. The number of carbonyl (C=O) groups is 1. The van der Waals surface area contributed by atoms with E-state index in [1.807, 2.05) is 0 Å². The molecule has 27 heavy (non-hydrogen) atoms. The number of aliphatic hydroxyl groups is 1. The first kappa shape index (κ1) is 26.7. The molecule has 1 unspecified atom stereocenters. The Balaban J connectivity index is 3.28. The van der Waals surface area contributed by atoms with Gasteiger partial charge in [0.15, 0.2) is 0 Å². The molecule has 0 heterocycles. The number of hydrogen-bond donors (Lipinski definition) is 3. The number of nitrogens with one attached hydrogen (secondary N) is 1. The molecule has 0 fully saturated rings. The Kier molecular flexibility index (Phi) is 21.7. The highest BCUT2D eigenvalue weighted by Crippen LogP contribution is 2.14. The zero-order valence-electron chi connectivity index (χ0n) is 17.4. The summed E-state index contributed by atoms with van der Waals surface area (Å²) in [5, 5.41) is 11.9. The fraction of sp³-hybridized carbons (Fsp3) is 0.952. The number of hydrogen-bond acceptors (Lipinski definition) is 6. The van der Waals surface area contributed by atoms with Crippen LogP contribution in [0.5, 0.6) is 0 Å². The zero-order valence-corrected chi connectivity index (χ0v) is 18.3. The van der Waals surface area contributed by atoms with E-state index in [2.05, 4.69) is 24.9 Å². The maximum Gasteiger partial charge on any atom is 0.306 e. The number of thiol groups is 1. The maximum absolute atomic E-state index is 11.8. The van der Waals surface area contributed by atoms with Gasteiger partial charge in [0.2, 0.25) is 0 Å². The van der Waals surface area contributed by atoms with Gasteiger partial charge in [0, 0.05) is 13.0 Å². The molecule has 0 aromatic rings. The average Bonchev–Trinajstić information content (AvgIpc) is 2.65. The standard InChI is InChI=1S/C21H43NO4S/c1-2-3-4-5-7-10-13-20(24)26-21(27)14-11-8-6-9-12-15-22-16-18-25-19-17-23/h21-23,27H,2-19H2,1H3. The van der Waals surface area contributed by atoms with Crippen molar-refractivity contribution in [2.45, 2.75) is 95.8 Å². The minimum Gasteiger partial charge on any atom is -0.452 e.